The molecule has 52 heavy (non-hydrogen) atoms. The second-order valence-electron chi connectivity index (χ2n) is 13.8. The summed E-state index contributed by atoms with van der Waals surface area (Å²) in [6, 6.07) is 61.0. The summed E-state index contributed by atoms with van der Waals surface area (Å²) in [5.74, 6) is 0.727. The highest BCUT2D eigenvalue weighted by Gasteiger charge is 2.24. The van der Waals surface area contributed by atoms with Gasteiger partial charge in [0.25, 0.3) is 0 Å². The summed E-state index contributed by atoms with van der Waals surface area (Å²) in [4.78, 5) is 10.1. The first kappa shape index (κ1) is 27.7. The molecule has 0 aliphatic heterocycles. The van der Waals surface area contributed by atoms with E-state index in [2.05, 4.69) is 167 Å². The van der Waals surface area contributed by atoms with Crippen molar-refractivity contribution in [3.8, 4) is 33.8 Å². The van der Waals surface area contributed by atoms with E-state index in [9.17, 15) is 0 Å². The molecule has 0 saturated carbocycles. The lowest BCUT2D eigenvalue weighted by Gasteiger charge is -2.13. The highest BCUT2D eigenvalue weighted by atomic mass is 15.0. The highest BCUT2D eigenvalue weighted by molar-refractivity contribution is 6.37. The number of hydrogen-bond acceptors (Lipinski definition) is 2. The molecule has 4 heterocycles. The van der Waals surface area contributed by atoms with E-state index in [-0.39, 0.29) is 0 Å². The van der Waals surface area contributed by atoms with Crippen molar-refractivity contribution in [1.82, 2.24) is 18.8 Å². The minimum Gasteiger partial charge on any atom is -0.305 e. The van der Waals surface area contributed by atoms with Crippen molar-refractivity contribution in [2.75, 3.05) is 0 Å². The first-order chi connectivity index (χ1) is 25.8. The second kappa shape index (κ2) is 10.3. The molecule has 0 saturated heterocycles. The van der Waals surface area contributed by atoms with E-state index in [1.807, 2.05) is 12.1 Å². The standard InChI is InChI=1S/C48H28N4/c1-2-12-30(13-3-1)45-35-16-6-8-18-38(35)49-48(50-45)31-24-22-29(23-25-31)32-26-27-37-42(28-32)52-41-21-11-10-20-40(41)51-39-19-9-7-17-36(39)43-33-14-4-5-15-34(33)44(37)47(52)46(43)51/h1-28H. The summed E-state index contributed by atoms with van der Waals surface area (Å²) in [6.07, 6.45) is 0. The summed E-state index contributed by atoms with van der Waals surface area (Å²) in [5.41, 5.74) is 13.7. The maximum absolute atomic E-state index is 5.11. The Balaban J connectivity index is 1.10. The molecule has 12 rings (SSSR count). The number of aromatic nitrogens is 4. The van der Waals surface area contributed by atoms with E-state index < -0.39 is 0 Å². The fourth-order valence-electron chi connectivity index (χ4n) is 8.80. The van der Waals surface area contributed by atoms with Crippen LogP contribution < -0.4 is 0 Å². The van der Waals surface area contributed by atoms with Crippen LogP contribution in [0.1, 0.15) is 0 Å². The Kier molecular flexibility index (Phi) is 5.47. The molecule has 4 nitrogen and oxygen atoms in total. The van der Waals surface area contributed by atoms with Crippen molar-refractivity contribution in [1.29, 1.82) is 0 Å². The smallest absolute Gasteiger partial charge is 0.160 e. The first-order valence-electron chi connectivity index (χ1n) is 17.8. The molecule has 4 aromatic heterocycles. The lowest BCUT2D eigenvalue weighted by Crippen LogP contribution is -1.97. The molecule has 0 aliphatic carbocycles. The predicted molar refractivity (Wildman–Crippen MR) is 216 cm³/mol. The molecule has 0 bridgehead atoms. The molecule has 8 aromatic carbocycles. The Labute approximate surface area is 297 Å². The highest BCUT2D eigenvalue weighted by Crippen LogP contribution is 2.47. The normalized spacial score (nSPS) is 12.2. The van der Waals surface area contributed by atoms with Gasteiger partial charge in [0.15, 0.2) is 5.82 Å². The van der Waals surface area contributed by atoms with Gasteiger partial charge < -0.3 is 8.80 Å². The fourth-order valence-corrected chi connectivity index (χ4v) is 8.80. The van der Waals surface area contributed by atoms with Crippen molar-refractivity contribution in [3.63, 3.8) is 0 Å². The fraction of sp³-hybridized carbons (Fsp3) is 0. The third kappa shape index (κ3) is 3.65. The quantitative estimate of drug-likeness (QED) is 0.177. The zero-order valence-corrected chi connectivity index (χ0v) is 28.0. The van der Waals surface area contributed by atoms with E-state index in [4.69, 9.17) is 9.97 Å². The number of rotatable bonds is 3. The topological polar surface area (TPSA) is 34.6 Å². The number of benzene rings is 8. The van der Waals surface area contributed by atoms with Gasteiger partial charge in [0.2, 0.25) is 0 Å². The largest absolute Gasteiger partial charge is 0.305 e. The Bertz CT molecular complexity index is 3350. The minimum atomic E-state index is 0.727. The van der Waals surface area contributed by atoms with Crippen LogP contribution in [0.4, 0.5) is 0 Å². The van der Waals surface area contributed by atoms with Crippen LogP contribution in [0.5, 0.6) is 0 Å². The van der Waals surface area contributed by atoms with Crippen LogP contribution >= 0.6 is 0 Å². The molecule has 4 heteroatoms. The van der Waals surface area contributed by atoms with Gasteiger partial charge >= 0.3 is 0 Å². The summed E-state index contributed by atoms with van der Waals surface area (Å²) in [6.45, 7) is 0. The zero-order valence-electron chi connectivity index (χ0n) is 28.0. The van der Waals surface area contributed by atoms with Crippen LogP contribution in [-0.2, 0) is 0 Å². The van der Waals surface area contributed by atoms with Crippen molar-refractivity contribution < 1.29 is 0 Å². The molecule has 240 valence electrons. The third-order valence-electron chi connectivity index (χ3n) is 11.0. The van der Waals surface area contributed by atoms with Crippen molar-refractivity contribution in [2.24, 2.45) is 0 Å². The van der Waals surface area contributed by atoms with Crippen LogP contribution in [-0.4, -0.2) is 18.8 Å². The second-order valence-corrected chi connectivity index (χ2v) is 13.8. The van der Waals surface area contributed by atoms with Crippen molar-refractivity contribution >= 4 is 76.3 Å². The maximum atomic E-state index is 5.11. The lowest BCUT2D eigenvalue weighted by atomic mass is 9.97. The molecule has 0 radical (unpaired) electrons. The monoisotopic (exact) mass is 660 g/mol. The Hall–Kier alpha value is -7.04. The molecule has 0 fully saturated rings. The van der Waals surface area contributed by atoms with Gasteiger partial charge in [-0.1, -0.05) is 140 Å². The molecule has 0 unspecified atom stereocenters. The first-order valence-corrected chi connectivity index (χ1v) is 17.8. The molecule has 0 amide bonds. The van der Waals surface area contributed by atoms with Gasteiger partial charge in [-0.2, -0.15) is 0 Å². The number of nitrogens with zero attached hydrogens (tertiary/aromatic N) is 4. The van der Waals surface area contributed by atoms with E-state index in [0.717, 1.165) is 39.1 Å². The van der Waals surface area contributed by atoms with Gasteiger partial charge in [0, 0.05) is 38.1 Å². The molecular formula is C48H28N4. The average molecular weight is 661 g/mol. The van der Waals surface area contributed by atoms with Crippen LogP contribution in [0.3, 0.4) is 0 Å². The summed E-state index contributed by atoms with van der Waals surface area (Å²) in [5, 5.41) is 8.82. The molecule has 0 atom stereocenters. The molecule has 0 spiro atoms. The minimum absolute atomic E-state index is 0.727. The summed E-state index contributed by atoms with van der Waals surface area (Å²) >= 11 is 0. The van der Waals surface area contributed by atoms with Crippen molar-refractivity contribution in [2.45, 2.75) is 0 Å². The van der Waals surface area contributed by atoms with Gasteiger partial charge in [-0.3, -0.25) is 0 Å². The average Bonchev–Trinajstić information content (AvgIpc) is 3.75. The van der Waals surface area contributed by atoms with Crippen molar-refractivity contribution in [3.05, 3.63) is 170 Å². The van der Waals surface area contributed by atoms with Gasteiger partial charge in [0.1, 0.15) is 0 Å². The number of hydrogen-bond donors (Lipinski definition) is 0. The van der Waals surface area contributed by atoms with Gasteiger partial charge in [-0.05, 0) is 52.2 Å². The predicted octanol–water partition coefficient (Wildman–Crippen LogP) is 12.3. The van der Waals surface area contributed by atoms with E-state index in [0.29, 0.717) is 0 Å². The van der Waals surface area contributed by atoms with Gasteiger partial charge in [0.05, 0.1) is 44.3 Å². The Morgan fingerprint density at radius 3 is 1.56 bits per heavy atom. The lowest BCUT2D eigenvalue weighted by molar-refractivity contribution is 1.23. The zero-order chi connectivity index (χ0) is 33.9. The van der Waals surface area contributed by atoms with E-state index in [1.54, 1.807) is 0 Å². The Morgan fingerprint density at radius 2 is 0.846 bits per heavy atom. The molecule has 0 aliphatic rings. The SMILES string of the molecule is c1ccc(-c2nc(-c3ccc(-c4ccc5c6c7ccccc7c7c8ccccc8n8c9ccccc9n(c5c4)c6c78)cc3)nc3ccccc23)cc1. The Morgan fingerprint density at radius 1 is 0.327 bits per heavy atom. The maximum Gasteiger partial charge on any atom is 0.160 e. The third-order valence-corrected chi connectivity index (χ3v) is 11.0. The molecule has 12 aromatic rings. The van der Waals surface area contributed by atoms with Crippen LogP contribution in [0.2, 0.25) is 0 Å². The number of fused-ring (bicyclic) bond motifs is 13. The van der Waals surface area contributed by atoms with Crippen LogP contribution in [0.15, 0.2) is 170 Å². The number of para-hydroxylation sites is 4. The van der Waals surface area contributed by atoms with E-state index >= 15 is 0 Å². The van der Waals surface area contributed by atoms with Crippen LogP contribution in [0, 0.1) is 0 Å². The summed E-state index contributed by atoms with van der Waals surface area (Å²) in [7, 11) is 0. The van der Waals surface area contributed by atoms with Gasteiger partial charge in [-0.25, -0.2) is 9.97 Å². The van der Waals surface area contributed by atoms with Gasteiger partial charge in [-0.15, -0.1) is 0 Å². The summed E-state index contributed by atoms with van der Waals surface area (Å²) < 4.78 is 5.00. The van der Waals surface area contributed by atoms with E-state index in [1.165, 1.54) is 71.0 Å². The molecular weight excluding hydrogens is 633 g/mol. The molecule has 0 N–H and O–H groups in total. The van der Waals surface area contributed by atoms with Crippen LogP contribution in [0.25, 0.3) is 110 Å².